The average molecular weight is 441 g/mol. The van der Waals surface area contributed by atoms with E-state index >= 15 is 0 Å². The minimum absolute atomic E-state index is 0.00134. The van der Waals surface area contributed by atoms with Crippen molar-refractivity contribution < 1.29 is 37.7 Å². The number of hydrogen-bond donors (Lipinski definition) is 2. The van der Waals surface area contributed by atoms with E-state index in [1.165, 1.54) is 18.2 Å². The van der Waals surface area contributed by atoms with Crippen LogP contribution in [0.15, 0.2) is 67.2 Å². The average Bonchev–Trinajstić information content (AvgIpc) is 2.75. The van der Waals surface area contributed by atoms with Crippen molar-refractivity contribution >= 4 is 27.9 Å². The zero-order chi connectivity index (χ0) is 22.8. The molecule has 1 atom stereocenters. The normalized spacial score (nSPS) is 12.1. The second kappa shape index (κ2) is 8.52. The molecule has 0 aliphatic carbocycles. The molecule has 4 rings (SSSR count). The Hall–Kier alpha value is -4.18. The summed E-state index contributed by atoms with van der Waals surface area (Å²) in [4.78, 5) is 35.4. The van der Waals surface area contributed by atoms with Crippen molar-refractivity contribution in [2.24, 2.45) is 0 Å². The van der Waals surface area contributed by atoms with E-state index in [9.17, 15) is 23.9 Å². The van der Waals surface area contributed by atoms with Crippen LogP contribution in [0.3, 0.4) is 0 Å². The Kier molecular flexibility index (Phi) is 5.61. The summed E-state index contributed by atoms with van der Waals surface area (Å²) in [6, 6.07) is 8.40. The number of carboxylic acid groups (broad SMARTS) is 1. The molecule has 0 aliphatic rings. The summed E-state index contributed by atoms with van der Waals surface area (Å²) in [5.74, 6) is -2.61. The summed E-state index contributed by atoms with van der Waals surface area (Å²) in [6.45, 7) is -0.670. The van der Waals surface area contributed by atoms with Crippen molar-refractivity contribution in [1.82, 2.24) is 0 Å². The maximum Gasteiger partial charge on any atom is 0.371 e. The van der Waals surface area contributed by atoms with Crippen molar-refractivity contribution in [2.75, 3.05) is 13.2 Å². The highest BCUT2D eigenvalue weighted by molar-refractivity contribution is 5.89. The molecule has 32 heavy (non-hydrogen) atoms. The predicted octanol–water partition coefficient (Wildman–Crippen LogP) is 2.56. The molecular weight excluding hydrogens is 426 g/mol. The summed E-state index contributed by atoms with van der Waals surface area (Å²) in [7, 11) is 0. The van der Waals surface area contributed by atoms with Gasteiger partial charge in [-0.1, -0.05) is 6.07 Å². The molecule has 1 unspecified atom stereocenters. The first-order valence-corrected chi connectivity index (χ1v) is 9.28. The first-order valence-electron chi connectivity index (χ1n) is 9.28. The van der Waals surface area contributed by atoms with Crippen molar-refractivity contribution in [3.05, 3.63) is 80.8 Å². The molecule has 2 aromatic carbocycles. The van der Waals surface area contributed by atoms with Crippen LogP contribution in [0.5, 0.6) is 11.5 Å². The molecule has 9 nitrogen and oxygen atoms in total. The first-order chi connectivity index (χ1) is 15.3. The Bertz CT molecular complexity index is 1440. The van der Waals surface area contributed by atoms with E-state index in [1.807, 2.05) is 0 Å². The van der Waals surface area contributed by atoms with Gasteiger partial charge in [-0.3, -0.25) is 9.59 Å². The van der Waals surface area contributed by atoms with Crippen LogP contribution < -0.4 is 20.3 Å². The van der Waals surface area contributed by atoms with Crippen LogP contribution in [0.4, 0.5) is 4.39 Å². The highest BCUT2D eigenvalue weighted by Crippen LogP contribution is 2.25. The molecule has 2 N–H and O–H groups in total. The van der Waals surface area contributed by atoms with Gasteiger partial charge in [0.15, 0.2) is 10.9 Å². The summed E-state index contributed by atoms with van der Waals surface area (Å²) in [5, 5.41) is 19.3. The third-order valence-corrected chi connectivity index (χ3v) is 4.48. The number of ether oxygens (including phenoxy) is 2. The van der Waals surface area contributed by atoms with Gasteiger partial charge in [0.05, 0.1) is 6.26 Å². The fraction of sp³-hybridized carbons (Fsp3) is 0.136. The molecule has 0 amide bonds. The highest BCUT2D eigenvalue weighted by Gasteiger charge is 2.16. The Morgan fingerprint density at radius 2 is 1.69 bits per heavy atom. The number of hydrogen-bond acceptors (Lipinski definition) is 8. The number of aliphatic hydroxyl groups excluding tert-OH is 1. The number of rotatable bonds is 7. The van der Waals surface area contributed by atoms with E-state index in [4.69, 9.17) is 23.4 Å². The fourth-order valence-electron chi connectivity index (χ4n) is 3.08. The van der Waals surface area contributed by atoms with Crippen LogP contribution in [0, 0.1) is 5.82 Å². The molecule has 4 aromatic rings. The van der Waals surface area contributed by atoms with Crippen molar-refractivity contribution in [3.8, 4) is 11.5 Å². The number of halogens is 1. The zero-order valence-corrected chi connectivity index (χ0v) is 16.2. The van der Waals surface area contributed by atoms with Gasteiger partial charge >= 0.3 is 5.97 Å². The molecule has 0 saturated carbocycles. The summed E-state index contributed by atoms with van der Waals surface area (Å²) in [5.41, 5.74) is -1.05. The molecule has 164 valence electrons. The van der Waals surface area contributed by atoms with Gasteiger partial charge in [0.1, 0.15) is 58.6 Å². The molecule has 0 bridgehead atoms. The first kappa shape index (κ1) is 21.1. The lowest BCUT2D eigenvalue weighted by atomic mass is 10.2. The smallest absolute Gasteiger partial charge is 0.371 e. The molecule has 0 radical (unpaired) electrons. The van der Waals surface area contributed by atoms with Crippen LogP contribution in [0.25, 0.3) is 21.9 Å². The van der Waals surface area contributed by atoms with Crippen molar-refractivity contribution in [3.63, 3.8) is 0 Å². The standard InChI is InChI=1S/C22H15FO9/c23-11-6-17-20(13(25)4-5-29-17)18(7-11)31-10-12(24)9-30-15-2-1-3-16-21(15)14(26)8-19(32-16)22(27)28/h1-8,12,24H,9-10H2,(H,27,28)/i23-1. The van der Waals surface area contributed by atoms with E-state index in [1.54, 1.807) is 0 Å². The lowest BCUT2D eigenvalue weighted by Gasteiger charge is -2.15. The zero-order valence-electron chi connectivity index (χ0n) is 16.2. The van der Waals surface area contributed by atoms with Crippen LogP contribution in [-0.4, -0.2) is 35.5 Å². The number of aliphatic hydroxyl groups is 1. The van der Waals surface area contributed by atoms with Gasteiger partial charge in [-0.25, -0.2) is 9.18 Å². The van der Waals surface area contributed by atoms with Crippen LogP contribution in [0.2, 0.25) is 0 Å². The topological polar surface area (TPSA) is 136 Å². The molecular formula is C22H15FO9. The Morgan fingerprint density at radius 3 is 2.44 bits per heavy atom. The van der Waals surface area contributed by atoms with Gasteiger partial charge in [-0.15, -0.1) is 0 Å². The third kappa shape index (κ3) is 4.16. The minimum Gasteiger partial charge on any atom is -0.490 e. The third-order valence-electron chi connectivity index (χ3n) is 4.48. The van der Waals surface area contributed by atoms with E-state index in [-0.39, 0.29) is 46.7 Å². The largest absolute Gasteiger partial charge is 0.490 e. The lowest BCUT2D eigenvalue weighted by molar-refractivity contribution is 0.0635. The van der Waals surface area contributed by atoms with Crippen molar-refractivity contribution in [1.29, 1.82) is 0 Å². The Balaban J connectivity index is 1.50. The minimum atomic E-state index is -1.39. The van der Waals surface area contributed by atoms with Crippen molar-refractivity contribution in [2.45, 2.75) is 6.10 Å². The van der Waals surface area contributed by atoms with Gasteiger partial charge in [0, 0.05) is 24.3 Å². The molecule has 10 heteroatoms. The maximum atomic E-state index is 13.8. The van der Waals surface area contributed by atoms with Crippen LogP contribution >= 0.6 is 0 Å². The number of carboxylic acids is 1. The number of carbonyl (C=O) groups is 1. The molecule has 0 saturated heterocycles. The van der Waals surface area contributed by atoms with Gasteiger partial charge in [0.25, 0.3) is 0 Å². The molecule has 0 aliphatic heterocycles. The molecule has 2 heterocycles. The van der Waals surface area contributed by atoms with Gasteiger partial charge in [-0.2, -0.15) is 0 Å². The second-order valence-electron chi connectivity index (χ2n) is 6.75. The second-order valence-corrected chi connectivity index (χ2v) is 6.75. The van der Waals surface area contributed by atoms with Crippen LogP contribution in [0.1, 0.15) is 10.6 Å². The van der Waals surface area contributed by atoms with Gasteiger partial charge in [-0.05, 0) is 12.1 Å². The van der Waals surface area contributed by atoms with E-state index in [0.29, 0.717) is 0 Å². The SMILES string of the molecule is O=C(O)c1cc(=O)c2c(OCC(O)COc3cc([18F])cc4occc(=O)c34)cccc2o1. The highest BCUT2D eigenvalue weighted by atomic mass is 18.2. The van der Waals surface area contributed by atoms with E-state index in [0.717, 1.165) is 30.5 Å². The van der Waals surface area contributed by atoms with E-state index in [2.05, 4.69) is 0 Å². The fourth-order valence-corrected chi connectivity index (χ4v) is 3.08. The van der Waals surface area contributed by atoms with Crippen LogP contribution in [-0.2, 0) is 0 Å². The molecule has 0 fully saturated rings. The van der Waals surface area contributed by atoms with E-state index < -0.39 is 34.5 Å². The number of fused-ring (bicyclic) bond motifs is 2. The summed E-state index contributed by atoms with van der Waals surface area (Å²) >= 11 is 0. The lowest BCUT2D eigenvalue weighted by Crippen LogP contribution is -2.25. The Labute approximate surface area is 177 Å². The number of benzene rings is 2. The predicted molar refractivity (Wildman–Crippen MR) is 109 cm³/mol. The molecule has 0 spiro atoms. The monoisotopic (exact) mass is 441 g/mol. The van der Waals surface area contributed by atoms with Gasteiger partial charge < -0.3 is 28.5 Å². The summed E-state index contributed by atoms with van der Waals surface area (Å²) < 4.78 is 35.0. The quantitative estimate of drug-likeness (QED) is 0.443. The Morgan fingerprint density at radius 1 is 0.969 bits per heavy atom. The maximum absolute atomic E-state index is 13.8. The molecule has 2 aromatic heterocycles. The number of aromatic carboxylic acids is 1. The van der Waals surface area contributed by atoms with Gasteiger partial charge in [0.2, 0.25) is 5.76 Å². The summed E-state index contributed by atoms with van der Waals surface area (Å²) in [6.07, 6.45) is -0.0823.